The Morgan fingerprint density at radius 1 is 1.44 bits per heavy atom. The molecule has 1 aliphatic rings. The van der Waals surface area contributed by atoms with Crippen LogP contribution in [0.3, 0.4) is 0 Å². The summed E-state index contributed by atoms with van der Waals surface area (Å²) in [7, 11) is 0. The van der Waals surface area contributed by atoms with E-state index in [0.717, 1.165) is 12.3 Å². The van der Waals surface area contributed by atoms with E-state index in [0.29, 0.717) is 6.04 Å². The highest BCUT2D eigenvalue weighted by Crippen LogP contribution is 2.28. The molecule has 1 aliphatic carbocycles. The van der Waals surface area contributed by atoms with E-state index in [2.05, 4.69) is 15.3 Å². The predicted molar refractivity (Wildman–Crippen MR) is 72.3 cm³/mol. The molecule has 18 heavy (non-hydrogen) atoms. The van der Waals surface area contributed by atoms with Gasteiger partial charge in [0, 0.05) is 30.4 Å². The number of aromatic nitrogens is 2. The number of rotatable bonds is 6. The second kappa shape index (κ2) is 6.90. The van der Waals surface area contributed by atoms with Crippen molar-refractivity contribution in [1.82, 2.24) is 15.3 Å². The summed E-state index contributed by atoms with van der Waals surface area (Å²) in [4.78, 5) is 7.27. The Morgan fingerprint density at radius 3 is 2.83 bits per heavy atom. The summed E-state index contributed by atoms with van der Waals surface area (Å²) in [6.07, 6.45) is 11.3. The Kier molecular flexibility index (Phi) is 5.20. The maximum atomic E-state index is 9.23. The van der Waals surface area contributed by atoms with Gasteiger partial charge in [-0.25, -0.2) is 4.98 Å². The van der Waals surface area contributed by atoms with Crippen LogP contribution >= 0.6 is 0 Å². The summed E-state index contributed by atoms with van der Waals surface area (Å²) in [5, 5.41) is 12.8. The highest BCUT2D eigenvalue weighted by atomic mass is 16.3. The van der Waals surface area contributed by atoms with Crippen molar-refractivity contribution in [1.29, 1.82) is 0 Å². The molecule has 1 fully saturated rings. The topological polar surface area (TPSA) is 60.9 Å². The highest BCUT2D eigenvalue weighted by Gasteiger charge is 2.25. The minimum Gasteiger partial charge on any atom is -0.395 e. The van der Waals surface area contributed by atoms with E-state index in [1.807, 2.05) is 13.1 Å². The Balaban J connectivity index is 1.96. The third-order valence-electron chi connectivity index (χ3n) is 3.99. The van der Waals surface area contributed by atoms with Crippen LogP contribution in [0, 0.1) is 5.92 Å². The Bertz CT molecular complexity index is 320. The smallest absolute Gasteiger partial charge is 0.0921 e. The monoisotopic (exact) mass is 251 g/mol. The van der Waals surface area contributed by atoms with E-state index in [4.69, 9.17) is 0 Å². The van der Waals surface area contributed by atoms with Gasteiger partial charge in [-0.15, -0.1) is 0 Å². The summed E-state index contributed by atoms with van der Waals surface area (Å²) in [5.74, 6) is 0.732. The molecule has 1 heterocycles. The molecule has 0 radical (unpaired) electrons. The molecular formula is C14H25N3O. The van der Waals surface area contributed by atoms with E-state index in [9.17, 15) is 5.11 Å². The van der Waals surface area contributed by atoms with Crippen molar-refractivity contribution in [3.8, 4) is 0 Å². The van der Waals surface area contributed by atoms with E-state index < -0.39 is 0 Å². The maximum Gasteiger partial charge on any atom is 0.0921 e. The van der Waals surface area contributed by atoms with Crippen LogP contribution in [0.4, 0.5) is 0 Å². The minimum atomic E-state index is 0.167. The van der Waals surface area contributed by atoms with Crippen LogP contribution in [0.25, 0.3) is 0 Å². The molecule has 2 unspecified atom stereocenters. The number of hydrogen-bond acceptors (Lipinski definition) is 3. The Morgan fingerprint density at radius 2 is 2.22 bits per heavy atom. The number of aromatic amines is 1. The molecule has 1 aromatic rings. The predicted octanol–water partition coefficient (Wildman–Crippen LogP) is 1.87. The fourth-order valence-corrected chi connectivity index (χ4v) is 2.95. The quantitative estimate of drug-likeness (QED) is 0.723. The summed E-state index contributed by atoms with van der Waals surface area (Å²) in [6.45, 7) is 2.25. The van der Waals surface area contributed by atoms with Crippen LogP contribution in [0.1, 0.15) is 44.7 Å². The maximum absolute atomic E-state index is 9.23. The largest absolute Gasteiger partial charge is 0.395 e. The number of aliphatic hydroxyl groups excluding tert-OH is 1. The van der Waals surface area contributed by atoms with Crippen molar-refractivity contribution in [3.63, 3.8) is 0 Å². The molecule has 102 valence electrons. The number of nitrogens with one attached hydrogen (secondary N) is 2. The molecule has 0 saturated heterocycles. The number of H-pyrrole nitrogens is 1. The zero-order chi connectivity index (χ0) is 12.8. The van der Waals surface area contributed by atoms with E-state index >= 15 is 0 Å². The molecule has 4 nitrogen and oxygen atoms in total. The van der Waals surface area contributed by atoms with Gasteiger partial charge in [-0.2, -0.15) is 0 Å². The molecule has 4 heteroatoms. The molecule has 0 spiro atoms. The van der Waals surface area contributed by atoms with Crippen LogP contribution in [0.5, 0.6) is 0 Å². The summed E-state index contributed by atoms with van der Waals surface area (Å²) in [6, 6.07) is 0.618. The zero-order valence-corrected chi connectivity index (χ0v) is 11.2. The molecule has 2 rings (SSSR count). The summed E-state index contributed by atoms with van der Waals surface area (Å²) < 4.78 is 0. The van der Waals surface area contributed by atoms with Gasteiger partial charge in [0.15, 0.2) is 0 Å². The standard InChI is InChI=1S/C14H25N3O/c1-11(9-18)17-14(7-13-8-15-10-16-13)12-5-3-2-4-6-12/h8,10-12,14,17-18H,2-7,9H2,1H3,(H,15,16). The third-order valence-corrected chi connectivity index (χ3v) is 3.99. The first kappa shape index (κ1) is 13.6. The molecule has 2 atom stereocenters. The van der Waals surface area contributed by atoms with Gasteiger partial charge in [-0.05, 0) is 25.7 Å². The van der Waals surface area contributed by atoms with E-state index in [1.165, 1.54) is 37.8 Å². The molecule has 3 N–H and O–H groups in total. The van der Waals surface area contributed by atoms with Crippen molar-refractivity contribution < 1.29 is 5.11 Å². The van der Waals surface area contributed by atoms with Gasteiger partial charge in [0.2, 0.25) is 0 Å². The third kappa shape index (κ3) is 3.82. The van der Waals surface area contributed by atoms with Gasteiger partial charge in [0.25, 0.3) is 0 Å². The highest BCUT2D eigenvalue weighted by molar-refractivity contribution is 4.99. The number of imidazole rings is 1. The van der Waals surface area contributed by atoms with Gasteiger partial charge in [-0.3, -0.25) is 0 Å². The molecule has 0 aliphatic heterocycles. The average molecular weight is 251 g/mol. The number of hydrogen-bond donors (Lipinski definition) is 3. The lowest BCUT2D eigenvalue weighted by Gasteiger charge is -2.32. The number of nitrogens with zero attached hydrogens (tertiary/aromatic N) is 1. The molecule has 0 bridgehead atoms. The average Bonchev–Trinajstić information content (AvgIpc) is 2.92. The van der Waals surface area contributed by atoms with Crippen LogP contribution in [-0.2, 0) is 6.42 Å². The van der Waals surface area contributed by atoms with Gasteiger partial charge in [0.05, 0.1) is 12.9 Å². The van der Waals surface area contributed by atoms with Crippen LogP contribution in [0.15, 0.2) is 12.5 Å². The van der Waals surface area contributed by atoms with Crippen molar-refractivity contribution >= 4 is 0 Å². The first-order valence-corrected chi connectivity index (χ1v) is 7.13. The summed E-state index contributed by atoms with van der Waals surface area (Å²) in [5.41, 5.74) is 1.18. The second-order valence-electron chi connectivity index (χ2n) is 5.54. The minimum absolute atomic E-state index is 0.167. The lowest BCUT2D eigenvalue weighted by molar-refractivity contribution is 0.202. The van der Waals surface area contributed by atoms with Gasteiger partial charge < -0.3 is 15.4 Å². The second-order valence-corrected chi connectivity index (χ2v) is 5.54. The summed E-state index contributed by atoms with van der Waals surface area (Å²) >= 11 is 0. The van der Waals surface area contributed by atoms with Crippen LogP contribution in [0.2, 0.25) is 0 Å². The van der Waals surface area contributed by atoms with E-state index in [-0.39, 0.29) is 12.6 Å². The van der Waals surface area contributed by atoms with Crippen LogP contribution in [-0.4, -0.2) is 33.8 Å². The number of aliphatic hydroxyl groups is 1. The van der Waals surface area contributed by atoms with Crippen molar-refractivity contribution in [2.75, 3.05) is 6.61 Å². The fraction of sp³-hybridized carbons (Fsp3) is 0.786. The van der Waals surface area contributed by atoms with Crippen molar-refractivity contribution in [3.05, 3.63) is 18.2 Å². The molecule has 1 saturated carbocycles. The molecule has 0 aromatic carbocycles. The van der Waals surface area contributed by atoms with Crippen molar-refractivity contribution in [2.24, 2.45) is 5.92 Å². The normalized spacial score (nSPS) is 20.8. The van der Waals surface area contributed by atoms with Crippen LogP contribution < -0.4 is 5.32 Å². The lowest BCUT2D eigenvalue weighted by atomic mass is 9.82. The first-order valence-electron chi connectivity index (χ1n) is 7.13. The Labute approximate surface area is 109 Å². The molecule has 0 amide bonds. The van der Waals surface area contributed by atoms with E-state index in [1.54, 1.807) is 6.33 Å². The SMILES string of the molecule is CC(CO)NC(Cc1cnc[nH]1)C1CCCCC1. The lowest BCUT2D eigenvalue weighted by Crippen LogP contribution is -2.45. The molecular weight excluding hydrogens is 226 g/mol. The first-order chi connectivity index (χ1) is 8.79. The Hall–Kier alpha value is -0.870. The fourth-order valence-electron chi connectivity index (χ4n) is 2.95. The molecule has 1 aromatic heterocycles. The van der Waals surface area contributed by atoms with Gasteiger partial charge in [-0.1, -0.05) is 19.3 Å². The van der Waals surface area contributed by atoms with Gasteiger partial charge in [0.1, 0.15) is 0 Å². The zero-order valence-electron chi connectivity index (χ0n) is 11.2. The van der Waals surface area contributed by atoms with Gasteiger partial charge >= 0.3 is 0 Å². The van der Waals surface area contributed by atoms with Crippen molar-refractivity contribution in [2.45, 2.75) is 57.5 Å².